The molecule has 0 spiro atoms. The maximum atomic E-state index is 12.6. The van der Waals surface area contributed by atoms with Gasteiger partial charge in [-0.25, -0.2) is 0 Å². The number of nitrogens with one attached hydrogen (secondary N) is 1. The minimum absolute atomic E-state index is 0.0327. The number of anilines is 2. The molecule has 1 heterocycles. The number of hydrogen-bond donors (Lipinski definition) is 1. The van der Waals surface area contributed by atoms with E-state index in [1.54, 1.807) is 54.5 Å². The van der Waals surface area contributed by atoms with Crippen LogP contribution >= 0.6 is 0 Å². The average Bonchev–Trinajstić information content (AvgIpc) is 2.82. The number of aryl methyl sites for hydroxylation is 1. The molecule has 0 radical (unpaired) electrons. The van der Waals surface area contributed by atoms with Gasteiger partial charge in [0.15, 0.2) is 6.61 Å². The third-order valence-electron chi connectivity index (χ3n) is 5.12. The topological polar surface area (TPSA) is 77.1 Å². The Bertz CT molecular complexity index is 1110. The molecule has 1 aliphatic heterocycles. The molecule has 7 heteroatoms. The van der Waals surface area contributed by atoms with Crippen LogP contribution in [0.3, 0.4) is 0 Å². The average molecular weight is 432 g/mol. The maximum Gasteiger partial charge on any atom is 0.265 e. The molecule has 4 rings (SSSR count). The molecule has 0 bridgehead atoms. The van der Waals surface area contributed by atoms with E-state index in [4.69, 9.17) is 14.2 Å². The fourth-order valence-electron chi connectivity index (χ4n) is 3.36. The minimum Gasteiger partial charge on any atom is -0.497 e. The van der Waals surface area contributed by atoms with Gasteiger partial charge in [-0.05, 0) is 61.5 Å². The lowest BCUT2D eigenvalue weighted by atomic mass is 10.1. The third kappa shape index (κ3) is 4.83. The third-order valence-corrected chi connectivity index (χ3v) is 5.12. The number of benzene rings is 3. The highest BCUT2D eigenvalue weighted by Gasteiger charge is 2.26. The summed E-state index contributed by atoms with van der Waals surface area (Å²) >= 11 is 0. The molecule has 1 aliphatic rings. The Labute approximate surface area is 186 Å². The molecule has 164 valence electrons. The first-order chi connectivity index (χ1) is 15.5. The number of ether oxygens (including phenoxy) is 3. The molecular weight excluding hydrogens is 408 g/mol. The predicted molar refractivity (Wildman–Crippen MR) is 122 cm³/mol. The summed E-state index contributed by atoms with van der Waals surface area (Å²) in [6, 6.07) is 19.8. The van der Waals surface area contributed by atoms with Crippen molar-refractivity contribution in [3.8, 4) is 17.2 Å². The van der Waals surface area contributed by atoms with Crippen molar-refractivity contribution in [3.05, 3.63) is 77.9 Å². The van der Waals surface area contributed by atoms with Crippen molar-refractivity contribution in [2.75, 3.05) is 37.1 Å². The highest BCUT2D eigenvalue weighted by Crippen LogP contribution is 2.34. The fourth-order valence-corrected chi connectivity index (χ4v) is 3.36. The van der Waals surface area contributed by atoms with Gasteiger partial charge in [-0.15, -0.1) is 0 Å². The molecule has 2 amide bonds. The van der Waals surface area contributed by atoms with Crippen LogP contribution in [0.2, 0.25) is 0 Å². The first-order valence-electron chi connectivity index (χ1n) is 10.3. The van der Waals surface area contributed by atoms with Crippen molar-refractivity contribution in [1.82, 2.24) is 0 Å². The molecule has 0 atom stereocenters. The van der Waals surface area contributed by atoms with Crippen molar-refractivity contribution < 1.29 is 23.8 Å². The normalized spacial score (nSPS) is 12.6. The van der Waals surface area contributed by atoms with E-state index in [1.807, 2.05) is 31.2 Å². The Balaban J connectivity index is 1.46. The Kier molecular flexibility index (Phi) is 6.26. The molecule has 0 fully saturated rings. The van der Waals surface area contributed by atoms with Crippen molar-refractivity contribution in [1.29, 1.82) is 0 Å². The van der Waals surface area contributed by atoms with Crippen LogP contribution in [0.5, 0.6) is 17.2 Å². The summed E-state index contributed by atoms with van der Waals surface area (Å²) in [6.07, 6.45) is 0. The van der Waals surface area contributed by atoms with Crippen LogP contribution in [0, 0.1) is 6.92 Å². The number of hydrogen-bond acceptors (Lipinski definition) is 5. The molecule has 3 aromatic carbocycles. The van der Waals surface area contributed by atoms with E-state index in [0.29, 0.717) is 41.6 Å². The lowest BCUT2D eigenvalue weighted by molar-refractivity contribution is -0.121. The second-order valence-electron chi connectivity index (χ2n) is 7.36. The number of carbonyl (C=O) groups is 2. The summed E-state index contributed by atoms with van der Waals surface area (Å²) in [5.74, 6) is 1.59. The van der Waals surface area contributed by atoms with Gasteiger partial charge >= 0.3 is 0 Å². The van der Waals surface area contributed by atoms with E-state index in [2.05, 4.69) is 5.32 Å². The fraction of sp³-hybridized carbons (Fsp3) is 0.200. The molecular formula is C25H24N2O5. The van der Waals surface area contributed by atoms with Crippen LogP contribution in [0.25, 0.3) is 0 Å². The molecule has 0 aliphatic carbocycles. The molecule has 0 unspecified atom stereocenters. The smallest absolute Gasteiger partial charge is 0.265 e. The van der Waals surface area contributed by atoms with Crippen LogP contribution in [0.1, 0.15) is 15.9 Å². The molecule has 1 N–H and O–H groups in total. The Morgan fingerprint density at radius 1 is 1.03 bits per heavy atom. The summed E-state index contributed by atoms with van der Waals surface area (Å²) in [5, 5.41) is 2.86. The standard InChI is InChI=1S/C25H24N2O5/c1-17-3-8-21(9-4-17)31-14-13-27-22-15-19(7-12-23(22)32-16-24(27)28)26-25(29)18-5-10-20(30-2)11-6-18/h3-12,15H,13-14,16H2,1-2H3,(H,26,29). The van der Waals surface area contributed by atoms with Crippen LogP contribution in [0.15, 0.2) is 66.7 Å². The summed E-state index contributed by atoms with van der Waals surface area (Å²) in [6.45, 7) is 2.67. The van der Waals surface area contributed by atoms with Crippen molar-refractivity contribution in [2.24, 2.45) is 0 Å². The van der Waals surface area contributed by atoms with Gasteiger partial charge in [-0.3, -0.25) is 9.59 Å². The largest absolute Gasteiger partial charge is 0.497 e. The van der Waals surface area contributed by atoms with Gasteiger partial charge < -0.3 is 24.4 Å². The first-order valence-corrected chi connectivity index (χ1v) is 10.3. The van der Waals surface area contributed by atoms with Gasteiger partial charge in [0.2, 0.25) is 0 Å². The number of amides is 2. The van der Waals surface area contributed by atoms with Crippen molar-refractivity contribution in [3.63, 3.8) is 0 Å². The number of nitrogens with zero attached hydrogens (tertiary/aromatic N) is 1. The number of rotatable bonds is 7. The van der Waals surface area contributed by atoms with Gasteiger partial charge in [-0.1, -0.05) is 17.7 Å². The minimum atomic E-state index is -0.259. The Morgan fingerprint density at radius 3 is 2.47 bits per heavy atom. The van der Waals surface area contributed by atoms with Crippen LogP contribution in [-0.4, -0.2) is 38.7 Å². The summed E-state index contributed by atoms with van der Waals surface area (Å²) in [5.41, 5.74) is 2.81. The number of carbonyl (C=O) groups excluding carboxylic acids is 2. The SMILES string of the molecule is COc1ccc(C(=O)Nc2ccc3c(c2)N(CCOc2ccc(C)cc2)C(=O)CO3)cc1. The van der Waals surface area contributed by atoms with E-state index < -0.39 is 0 Å². The monoisotopic (exact) mass is 432 g/mol. The second kappa shape index (κ2) is 9.43. The zero-order chi connectivity index (χ0) is 22.5. The van der Waals surface area contributed by atoms with Gasteiger partial charge in [0.25, 0.3) is 11.8 Å². The van der Waals surface area contributed by atoms with Crippen LogP contribution in [0.4, 0.5) is 11.4 Å². The van der Waals surface area contributed by atoms with Crippen molar-refractivity contribution >= 4 is 23.2 Å². The van der Waals surface area contributed by atoms with E-state index >= 15 is 0 Å². The molecule has 32 heavy (non-hydrogen) atoms. The van der Waals surface area contributed by atoms with Gasteiger partial charge in [0, 0.05) is 11.3 Å². The molecule has 0 saturated heterocycles. The van der Waals surface area contributed by atoms with Gasteiger partial charge in [0.1, 0.15) is 23.9 Å². The van der Waals surface area contributed by atoms with E-state index in [-0.39, 0.29) is 18.4 Å². The van der Waals surface area contributed by atoms with E-state index in [9.17, 15) is 9.59 Å². The zero-order valence-corrected chi connectivity index (χ0v) is 18.0. The number of methoxy groups -OCH3 is 1. The first kappa shape index (κ1) is 21.2. The predicted octanol–water partition coefficient (Wildman–Crippen LogP) is 4.06. The maximum absolute atomic E-state index is 12.6. The second-order valence-corrected chi connectivity index (χ2v) is 7.36. The zero-order valence-electron chi connectivity index (χ0n) is 18.0. The lowest BCUT2D eigenvalue weighted by Crippen LogP contribution is -2.41. The Hall–Kier alpha value is -4.00. The summed E-state index contributed by atoms with van der Waals surface area (Å²) in [4.78, 5) is 26.7. The number of fused-ring (bicyclic) bond motifs is 1. The van der Waals surface area contributed by atoms with E-state index in [0.717, 1.165) is 11.3 Å². The van der Waals surface area contributed by atoms with Crippen molar-refractivity contribution in [2.45, 2.75) is 6.92 Å². The lowest BCUT2D eigenvalue weighted by Gasteiger charge is -2.29. The summed E-state index contributed by atoms with van der Waals surface area (Å²) < 4.78 is 16.5. The van der Waals surface area contributed by atoms with E-state index in [1.165, 1.54) is 0 Å². The Morgan fingerprint density at radius 2 is 1.75 bits per heavy atom. The highest BCUT2D eigenvalue weighted by molar-refractivity contribution is 6.05. The molecule has 7 nitrogen and oxygen atoms in total. The van der Waals surface area contributed by atoms with Gasteiger partial charge in [-0.2, -0.15) is 0 Å². The summed E-state index contributed by atoms with van der Waals surface area (Å²) in [7, 11) is 1.57. The molecule has 3 aromatic rings. The molecule has 0 saturated carbocycles. The van der Waals surface area contributed by atoms with Crippen LogP contribution in [-0.2, 0) is 4.79 Å². The quantitative estimate of drug-likeness (QED) is 0.609. The van der Waals surface area contributed by atoms with Gasteiger partial charge in [0.05, 0.1) is 19.3 Å². The van der Waals surface area contributed by atoms with Crippen LogP contribution < -0.4 is 24.4 Å². The molecule has 0 aromatic heterocycles. The highest BCUT2D eigenvalue weighted by atomic mass is 16.5.